The quantitative estimate of drug-likeness (QED) is 0.215. The molecule has 262 valence electrons. The molecule has 0 aliphatic carbocycles. The summed E-state index contributed by atoms with van der Waals surface area (Å²) in [5, 5.41) is 0.671. The van der Waals surface area contributed by atoms with Gasteiger partial charge in [-0.25, -0.2) is 31.4 Å². The lowest BCUT2D eigenvalue weighted by molar-refractivity contribution is -0.147. The van der Waals surface area contributed by atoms with Crippen LogP contribution in [0.15, 0.2) is 71.9 Å². The molecule has 0 atom stereocenters. The summed E-state index contributed by atoms with van der Waals surface area (Å²) < 4.78 is 60.8. The molecule has 2 aromatic heterocycles. The van der Waals surface area contributed by atoms with Crippen LogP contribution in [0.3, 0.4) is 0 Å². The van der Waals surface area contributed by atoms with Crippen molar-refractivity contribution in [1.82, 2.24) is 14.3 Å². The number of anilines is 2. The second-order valence-corrected chi connectivity index (χ2v) is 17.4. The van der Waals surface area contributed by atoms with Gasteiger partial charge in [-0.05, 0) is 74.6 Å². The highest BCUT2D eigenvalue weighted by atomic mass is 32.2. The second-order valence-electron chi connectivity index (χ2n) is 13.4. The van der Waals surface area contributed by atoms with Gasteiger partial charge in [-0.15, -0.1) is 0 Å². The molecular formula is C33H45N5O8S2. The highest BCUT2D eigenvalue weighted by Crippen LogP contribution is 2.26. The summed E-state index contributed by atoms with van der Waals surface area (Å²) in [6.07, 6.45) is 2.20. The zero-order valence-electron chi connectivity index (χ0n) is 28.7. The summed E-state index contributed by atoms with van der Waals surface area (Å²) in [4.78, 5) is 39.8. The summed E-state index contributed by atoms with van der Waals surface area (Å²) >= 11 is 0. The molecule has 15 heteroatoms. The van der Waals surface area contributed by atoms with E-state index < -0.39 is 43.1 Å². The van der Waals surface area contributed by atoms with Crippen LogP contribution in [0.2, 0.25) is 0 Å². The molecule has 0 spiro atoms. The van der Waals surface area contributed by atoms with Crippen LogP contribution in [0.25, 0.3) is 0 Å². The molecule has 0 saturated heterocycles. The minimum Gasteiger partial charge on any atom is -0.441 e. The van der Waals surface area contributed by atoms with Gasteiger partial charge in [0.2, 0.25) is 20.0 Å². The maximum atomic E-state index is 13.9. The standard InChI is InChI=1S/C33H45N5O8S2/c1-9-20-47(41,42)36(8)27-17-15-25(16-18-27)23-37(48(43,44)28-13-11-19-34-22-28)24-26-12-10-14-29(35-26)38(31(40)45-33(5,6)7)46-30(39)21-32(2,3)4/h10-19,22H,9,20-21,23-24H2,1-8H3. The molecule has 0 unspecified atom stereocenters. The van der Waals surface area contributed by atoms with Crippen molar-refractivity contribution >= 4 is 43.6 Å². The van der Waals surface area contributed by atoms with Crippen molar-refractivity contribution < 1.29 is 36.0 Å². The van der Waals surface area contributed by atoms with E-state index in [9.17, 15) is 26.4 Å². The van der Waals surface area contributed by atoms with Crippen LogP contribution in [0.4, 0.5) is 16.3 Å². The van der Waals surface area contributed by atoms with Crippen molar-refractivity contribution in [3.63, 3.8) is 0 Å². The maximum absolute atomic E-state index is 13.9. The Bertz CT molecular complexity index is 1770. The fraction of sp³-hybridized carbons (Fsp3) is 0.455. The lowest BCUT2D eigenvalue weighted by Crippen LogP contribution is -2.39. The summed E-state index contributed by atoms with van der Waals surface area (Å²) in [5.74, 6) is -0.767. The van der Waals surface area contributed by atoms with E-state index in [1.807, 2.05) is 20.8 Å². The monoisotopic (exact) mass is 703 g/mol. The van der Waals surface area contributed by atoms with Crippen molar-refractivity contribution in [3.05, 3.63) is 78.2 Å². The number of pyridine rings is 2. The van der Waals surface area contributed by atoms with E-state index in [4.69, 9.17) is 9.57 Å². The number of nitrogens with zero attached hydrogens (tertiary/aromatic N) is 5. The van der Waals surface area contributed by atoms with Gasteiger partial charge < -0.3 is 9.57 Å². The first kappa shape index (κ1) is 38.4. The number of carbonyl (C=O) groups excluding carboxylic acids is 2. The second kappa shape index (κ2) is 15.4. The maximum Gasteiger partial charge on any atom is 0.450 e. The van der Waals surface area contributed by atoms with Gasteiger partial charge in [0.05, 0.1) is 30.1 Å². The number of hydrogen-bond acceptors (Lipinski definition) is 10. The highest BCUT2D eigenvalue weighted by Gasteiger charge is 2.31. The van der Waals surface area contributed by atoms with Crippen molar-refractivity contribution in [2.75, 3.05) is 22.2 Å². The Balaban J connectivity index is 1.99. The zero-order valence-corrected chi connectivity index (χ0v) is 30.3. The van der Waals surface area contributed by atoms with Gasteiger partial charge in [0.1, 0.15) is 10.5 Å². The largest absolute Gasteiger partial charge is 0.450 e. The number of sulfonamides is 2. The van der Waals surface area contributed by atoms with E-state index in [1.165, 1.54) is 46.3 Å². The molecule has 3 aromatic rings. The van der Waals surface area contributed by atoms with E-state index in [1.54, 1.807) is 64.1 Å². The molecule has 1 amide bonds. The van der Waals surface area contributed by atoms with Crippen LogP contribution < -0.4 is 9.37 Å². The fourth-order valence-electron chi connectivity index (χ4n) is 4.34. The zero-order chi connectivity index (χ0) is 35.9. The molecule has 48 heavy (non-hydrogen) atoms. The molecule has 13 nitrogen and oxygen atoms in total. The lowest BCUT2D eigenvalue weighted by atomic mass is 9.93. The Morgan fingerprint density at radius 1 is 0.875 bits per heavy atom. The van der Waals surface area contributed by atoms with Gasteiger partial charge in [0.25, 0.3) is 0 Å². The van der Waals surface area contributed by atoms with Gasteiger partial charge in [0, 0.05) is 26.0 Å². The lowest BCUT2D eigenvalue weighted by Gasteiger charge is -2.27. The molecule has 2 heterocycles. The van der Waals surface area contributed by atoms with Gasteiger partial charge in [-0.1, -0.05) is 51.0 Å². The van der Waals surface area contributed by atoms with Crippen LogP contribution in [0.1, 0.15) is 72.6 Å². The Morgan fingerprint density at radius 3 is 2.10 bits per heavy atom. The van der Waals surface area contributed by atoms with Gasteiger partial charge in [-0.3, -0.25) is 9.29 Å². The summed E-state index contributed by atoms with van der Waals surface area (Å²) in [6, 6.07) is 14.1. The molecule has 0 saturated carbocycles. The number of ether oxygens (including phenoxy) is 1. The number of aromatic nitrogens is 2. The van der Waals surface area contributed by atoms with Crippen LogP contribution in [0.5, 0.6) is 0 Å². The van der Waals surface area contributed by atoms with E-state index >= 15 is 0 Å². The van der Waals surface area contributed by atoms with Gasteiger partial charge in [0.15, 0.2) is 5.82 Å². The number of carbonyl (C=O) groups is 2. The molecule has 3 rings (SSSR count). The minimum absolute atomic E-state index is 0.00222. The van der Waals surface area contributed by atoms with Gasteiger partial charge >= 0.3 is 12.1 Å². The van der Waals surface area contributed by atoms with E-state index in [-0.39, 0.29) is 41.7 Å². The Hall–Kier alpha value is -4.08. The van der Waals surface area contributed by atoms with Crippen molar-refractivity contribution in [2.24, 2.45) is 5.41 Å². The molecule has 1 aromatic carbocycles. The number of hydroxylamine groups is 1. The summed E-state index contributed by atoms with van der Waals surface area (Å²) in [5.41, 5.74) is -0.0865. The molecular weight excluding hydrogens is 659 g/mol. The van der Waals surface area contributed by atoms with E-state index in [0.29, 0.717) is 22.7 Å². The Kier molecular flexibility index (Phi) is 12.3. The first-order chi connectivity index (χ1) is 22.2. The third-order valence-electron chi connectivity index (χ3n) is 6.58. The Morgan fingerprint density at radius 2 is 1.54 bits per heavy atom. The van der Waals surface area contributed by atoms with Crippen molar-refractivity contribution in [3.8, 4) is 0 Å². The summed E-state index contributed by atoms with van der Waals surface area (Å²) in [6.45, 7) is 12.0. The molecule has 0 aliphatic heterocycles. The average molecular weight is 704 g/mol. The van der Waals surface area contributed by atoms with Gasteiger partial charge in [-0.2, -0.15) is 4.31 Å². The SMILES string of the molecule is CCCS(=O)(=O)N(C)c1ccc(CN(Cc2cccc(N(OC(=O)CC(C)(C)C)C(=O)OC(C)(C)C)n2)S(=O)(=O)c2cccnc2)cc1. The third kappa shape index (κ3) is 11.0. The topological polar surface area (TPSA) is 156 Å². The molecule has 0 N–H and O–H groups in total. The smallest absolute Gasteiger partial charge is 0.441 e. The number of rotatable bonds is 12. The van der Waals surface area contributed by atoms with E-state index in [2.05, 4.69) is 9.97 Å². The first-order valence-electron chi connectivity index (χ1n) is 15.4. The summed E-state index contributed by atoms with van der Waals surface area (Å²) in [7, 11) is -6.16. The van der Waals surface area contributed by atoms with Crippen molar-refractivity contribution in [2.45, 2.75) is 84.9 Å². The number of amides is 1. The molecule has 0 bridgehead atoms. The van der Waals surface area contributed by atoms with E-state index in [0.717, 1.165) is 0 Å². The van der Waals surface area contributed by atoms with Crippen LogP contribution >= 0.6 is 0 Å². The predicted molar refractivity (Wildman–Crippen MR) is 183 cm³/mol. The Labute approximate surface area is 283 Å². The van der Waals surface area contributed by atoms with Crippen molar-refractivity contribution in [1.29, 1.82) is 0 Å². The van der Waals surface area contributed by atoms with Crippen LogP contribution in [-0.2, 0) is 47.5 Å². The highest BCUT2D eigenvalue weighted by molar-refractivity contribution is 7.92. The molecule has 0 aliphatic rings. The number of hydrogen-bond donors (Lipinski definition) is 0. The molecule has 0 radical (unpaired) electrons. The number of benzene rings is 1. The first-order valence-corrected chi connectivity index (χ1v) is 18.4. The fourth-order valence-corrected chi connectivity index (χ4v) is 6.94. The molecule has 0 fully saturated rings. The predicted octanol–water partition coefficient (Wildman–Crippen LogP) is 5.68. The normalized spacial score (nSPS) is 12.4. The third-order valence-corrected chi connectivity index (χ3v) is 10.3. The van der Waals surface area contributed by atoms with Crippen LogP contribution in [0, 0.1) is 5.41 Å². The average Bonchev–Trinajstić information content (AvgIpc) is 2.98. The van der Waals surface area contributed by atoms with Crippen LogP contribution in [-0.4, -0.2) is 61.6 Å². The minimum atomic E-state index is -4.13.